The third kappa shape index (κ3) is 11.1. The molecule has 1 aromatic heterocycles. The molecular weight excluding hydrogens is 562 g/mol. The van der Waals surface area contributed by atoms with Crippen LogP contribution in [0.4, 0.5) is 5.69 Å². The van der Waals surface area contributed by atoms with Crippen LogP contribution in [0, 0.1) is 22.7 Å². The van der Waals surface area contributed by atoms with E-state index in [1.165, 1.54) is 106 Å². The first-order valence-electron chi connectivity index (χ1n) is 19.0. The van der Waals surface area contributed by atoms with E-state index < -0.39 is 0 Å². The maximum atomic E-state index is 5.64. The molecule has 1 fully saturated rings. The van der Waals surface area contributed by atoms with Crippen LogP contribution in [-0.2, 0) is 12.8 Å². The molecule has 4 rings (SSSR count). The molecule has 1 aromatic carbocycles. The first-order valence-corrected chi connectivity index (χ1v) is 19.0. The van der Waals surface area contributed by atoms with Gasteiger partial charge in [0.2, 0.25) is 0 Å². The van der Waals surface area contributed by atoms with Crippen molar-refractivity contribution in [3.05, 3.63) is 41.3 Å². The minimum absolute atomic E-state index is 0.367. The number of nitrogens with one attached hydrogen (secondary N) is 2. The highest BCUT2D eigenvalue weighted by Gasteiger charge is 2.39. The Labute approximate surface area is 282 Å². The summed E-state index contributed by atoms with van der Waals surface area (Å²) in [7, 11) is 0. The summed E-state index contributed by atoms with van der Waals surface area (Å²) in [5.41, 5.74) is 6.92. The molecule has 2 aliphatic rings. The normalized spacial score (nSPS) is 17.8. The zero-order chi connectivity index (χ0) is 33.2. The van der Waals surface area contributed by atoms with Crippen molar-refractivity contribution in [1.82, 2.24) is 15.3 Å². The van der Waals surface area contributed by atoms with E-state index in [1.54, 1.807) is 0 Å². The Balaban J connectivity index is 1.76. The summed E-state index contributed by atoms with van der Waals surface area (Å²) in [4.78, 5) is 15.7. The van der Waals surface area contributed by atoms with E-state index in [4.69, 9.17) is 9.97 Å². The second kappa shape index (κ2) is 17.1. The quantitative estimate of drug-likeness (QED) is 0.171. The van der Waals surface area contributed by atoms with Crippen LogP contribution < -0.4 is 10.6 Å². The Morgan fingerprint density at radius 3 is 2.02 bits per heavy atom. The van der Waals surface area contributed by atoms with E-state index in [2.05, 4.69) is 95.3 Å². The van der Waals surface area contributed by atoms with Gasteiger partial charge in [-0.1, -0.05) is 119 Å². The molecule has 0 unspecified atom stereocenters. The third-order valence-corrected chi connectivity index (χ3v) is 10.1. The molecule has 1 aliphatic carbocycles. The highest BCUT2D eigenvalue weighted by atomic mass is 15.2. The van der Waals surface area contributed by atoms with Crippen LogP contribution in [0.1, 0.15) is 162 Å². The van der Waals surface area contributed by atoms with Gasteiger partial charge in [-0.05, 0) is 79.7 Å². The van der Waals surface area contributed by atoms with Gasteiger partial charge in [0.25, 0.3) is 0 Å². The van der Waals surface area contributed by atoms with Crippen molar-refractivity contribution in [2.45, 2.75) is 158 Å². The Bertz CT molecular complexity index is 1210. The summed E-state index contributed by atoms with van der Waals surface area (Å²) in [5.74, 6) is 3.61. The number of hydrogen-bond donors (Lipinski definition) is 2. The number of aliphatic imine (C=N–C) groups is 1. The lowest BCUT2D eigenvalue weighted by Crippen LogP contribution is -2.35. The number of benzene rings is 1. The van der Waals surface area contributed by atoms with E-state index in [-0.39, 0.29) is 0 Å². The molecule has 2 heterocycles. The molecule has 5 nitrogen and oxygen atoms in total. The van der Waals surface area contributed by atoms with Crippen LogP contribution in [0.3, 0.4) is 0 Å². The Hall–Kier alpha value is -2.43. The van der Waals surface area contributed by atoms with Crippen molar-refractivity contribution in [2.75, 3.05) is 18.4 Å². The van der Waals surface area contributed by atoms with E-state index in [9.17, 15) is 0 Å². The summed E-state index contributed by atoms with van der Waals surface area (Å²) in [6.07, 6.45) is 18.7. The predicted molar refractivity (Wildman–Crippen MR) is 199 cm³/mol. The van der Waals surface area contributed by atoms with Crippen LogP contribution in [0.25, 0.3) is 11.3 Å². The fraction of sp³-hybridized carbons (Fsp3) is 0.732. The summed E-state index contributed by atoms with van der Waals surface area (Å²) >= 11 is 0. The summed E-state index contributed by atoms with van der Waals surface area (Å²) < 4.78 is 0. The van der Waals surface area contributed by atoms with E-state index >= 15 is 0 Å². The van der Waals surface area contributed by atoms with Crippen LogP contribution in [-0.4, -0.2) is 29.0 Å². The molecular formula is C41H67N5. The maximum absolute atomic E-state index is 5.64. The Kier molecular flexibility index (Phi) is 13.5. The predicted octanol–water partition coefficient (Wildman–Crippen LogP) is 11.1. The largest absolute Gasteiger partial charge is 0.354 e. The van der Waals surface area contributed by atoms with Crippen molar-refractivity contribution in [2.24, 2.45) is 27.7 Å². The van der Waals surface area contributed by atoms with Crippen LogP contribution in [0.15, 0.2) is 29.3 Å². The number of rotatable bonds is 17. The summed E-state index contributed by atoms with van der Waals surface area (Å²) in [6, 6.07) is 8.92. The smallest absolute Gasteiger partial charge is 0.195 e. The molecule has 46 heavy (non-hydrogen) atoms. The van der Waals surface area contributed by atoms with Gasteiger partial charge in [0.1, 0.15) is 5.82 Å². The minimum atomic E-state index is 0.367. The first kappa shape index (κ1) is 36.4. The van der Waals surface area contributed by atoms with Gasteiger partial charge in [-0.25, -0.2) is 9.97 Å². The summed E-state index contributed by atoms with van der Waals surface area (Å²) in [5, 5.41) is 6.78. The van der Waals surface area contributed by atoms with Gasteiger partial charge in [-0.2, -0.15) is 0 Å². The molecule has 0 saturated heterocycles. The van der Waals surface area contributed by atoms with Gasteiger partial charge in [0.05, 0.1) is 12.2 Å². The van der Waals surface area contributed by atoms with Gasteiger partial charge in [-0.3, -0.25) is 4.99 Å². The first-order chi connectivity index (χ1) is 22.0. The SMILES string of the molecule is CCCCCCC(CCCCCC)c1nc(CC2CC(C)(C)CC(C)(C)C2)c(CC(C)C)c(-c2ccc(NC3=NCCN3)cc2)n1. The van der Waals surface area contributed by atoms with Crippen molar-refractivity contribution >= 4 is 11.6 Å². The van der Waals surface area contributed by atoms with Gasteiger partial charge in [0, 0.05) is 35.0 Å². The average molecular weight is 630 g/mol. The fourth-order valence-electron chi connectivity index (χ4n) is 8.62. The van der Waals surface area contributed by atoms with Crippen LogP contribution in [0.5, 0.6) is 0 Å². The van der Waals surface area contributed by atoms with Crippen LogP contribution in [0.2, 0.25) is 0 Å². The molecule has 0 atom stereocenters. The number of nitrogens with zero attached hydrogens (tertiary/aromatic N) is 3. The topological polar surface area (TPSA) is 62.2 Å². The zero-order valence-corrected chi connectivity index (χ0v) is 30.9. The molecule has 0 bridgehead atoms. The van der Waals surface area contributed by atoms with Gasteiger partial charge in [0.15, 0.2) is 5.96 Å². The van der Waals surface area contributed by atoms with Gasteiger partial charge < -0.3 is 10.6 Å². The molecule has 1 saturated carbocycles. The van der Waals surface area contributed by atoms with Gasteiger partial charge in [-0.15, -0.1) is 0 Å². The lowest BCUT2D eigenvalue weighted by molar-refractivity contribution is 0.0672. The number of guanidine groups is 1. The van der Waals surface area contributed by atoms with E-state index in [0.29, 0.717) is 28.6 Å². The Morgan fingerprint density at radius 2 is 1.48 bits per heavy atom. The number of aromatic nitrogens is 2. The van der Waals surface area contributed by atoms with Crippen molar-refractivity contribution < 1.29 is 0 Å². The third-order valence-electron chi connectivity index (χ3n) is 10.1. The molecule has 2 aromatic rings. The van der Waals surface area contributed by atoms with E-state index in [0.717, 1.165) is 43.4 Å². The fourth-order valence-corrected chi connectivity index (χ4v) is 8.62. The van der Waals surface area contributed by atoms with Gasteiger partial charge >= 0.3 is 0 Å². The lowest BCUT2D eigenvalue weighted by Gasteiger charge is -2.45. The molecule has 5 heteroatoms. The minimum Gasteiger partial charge on any atom is -0.354 e. The molecule has 0 radical (unpaired) electrons. The number of anilines is 1. The summed E-state index contributed by atoms with van der Waals surface area (Å²) in [6.45, 7) is 21.0. The van der Waals surface area contributed by atoms with Crippen LogP contribution >= 0.6 is 0 Å². The standard InChI is InChI=1S/C41H67N5/c1-9-11-13-15-17-33(18-16-14-12-10-2)38-45-36(26-31-27-40(5,6)29-41(7,8)28-31)35(25-30(3)4)37(46-38)32-19-21-34(22-20-32)44-39-42-23-24-43-39/h19-22,30-31,33H,9-18,23-29H2,1-8H3,(H2,42,43,44). The van der Waals surface area contributed by atoms with E-state index in [1.807, 2.05) is 0 Å². The molecule has 2 N–H and O–H groups in total. The highest BCUT2D eigenvalue weighted by molar-refractivity contribution is 5.94. The van der Waals surface area contributed by atoms with Crippen molar-refractivity contribution in [3.8, 4) is 11.3 Å². The molecule has 1 aliphatic heterocycles. The molecule has 256 valence electrons. The average Bonchev–Trinajstić information content (AvgIpc) is 3.49. The lowest BCUT2D eigenvalue weighted by atomic mass is 9.60. The Morgan fingerprint density at radius 1 is 0.848 bits per heavy atom. The molecule has 0 spiro atoms. The molecule has 0 amide bonds. The van der Waals surface area contributed by atoms with Crippen molar-refractivity contribution in [3.63, 3.8) is 0 Å². The van der Waals surface area contributed by atoms with Crippen molar-refractivity contribution in [1.29, 1.82) is 0 Å². The highest BCUT2D eigenvalue weighted by Crippen LogP contribution is 2.49. The zero-order valence-electron chi connectivity index (χ0n) is 30.9. The number of hydrogen-bond acceptors (Lipinski definition) is 5. The number of unbranched alkanes of at least 4 members (excludes halogenated alkanes) is 6. The monoisotopic (exact) mass is 630 g/mol. The maximum Gasteiger partial charge on any atom is 0.195 e. The second-order valence-electron chi connectivity index (χ2n) is 16.7. The second-order valence-corrected chi connectivity index (χ2v) is 16.7.